The minimum atomic E-state index is -0.502. The van der Waals surface area contributed by atoms with Crippen LogP contribution in [0.1, 0.15) is 57.6 Å². The normalized spacial score (nSPS) is 19.4. The fourth-order valence-corrected chi connectivity index (χ4v) is 4.91. The Morgan fingerprint density at radius 1 is 1.15 bits per heavy atom. The van der Waals surface area contributed by atoms with E-state index in [1.807, 2.05) is 55.5 Å². The van der Waals surface area contributed by atoms with Gasteiger partial charge in [0.25, 0.3) is 0 Å². The van der Waals surface area contributed by atoms with Gasteiger partial charge >= 0.3 is 5.97 Å². The molecule has 2 aromatic carbocycles. The molecule has 5 nitrogen and oxygen atoms in total. The molecule has 0 fully saturated rings. The highest BCUT2D eigenvalue weighted by Crippen LogP contribution is 2.47. The predicted octanol–water partition coefficient (Wildman–Crippen LogP) is 6.09. The second kappa shape index (κ2) is 9.67. The minimum Gasteiger partial charge on any atom is -0.489 e. The molecule has 0 amide bonds. The SMILES string of the molecule is CCOC(=O)C1=C(C)NC2=C(C(=O)CC(C)(C)C2)C1c1cccc(OCc2ccc(Cl)cc2)c1. The van der Waals surface area contributed by atoms with Crippen LogP contribution in [0.5, 0.6) is 5.75 Å². The summed E-state index contributed by atoms with van der Waals surface area (Å²) in [5, 5.41) is 4.03. The zero-order valence-electron chi connectivity index (χ0n) is 20.0. The Hall–Kier alpha value is -3.05. The van der Waals surface area contributed by atoms with Crippen LogP contribution in [-0.4, -0.2) is 18.4 Å². The third-order valence-electron chi connectivity index (χ3n) is 6.25. The van der Waals surface area contributed by atoms with Crippen LogP contribution in [-0.2, 0) is 20.9 Å². The van der Waals surface area contributed by atoms with Gasteiger partial charge in [-0.15, -0.1) is 0 Å². The van der Waals surface area contributed by atoms with E-state index in [1.54, 1.807) is 6.92 Å². The summed E-state index contributed by atoms with van der Waals surface area (Å²) in [5.74, 6) is -0.185. The molecule has 1 atom stereocenters. The van der Waals surface area contributed by atoms with Crippen molar-refractivity contribution >= 4 is 23.4 Å². The van der Waals surface area contributed by atoms with E-state index in [2.05, 4.69) is 19.2 Å². The molecule has 0 saturated heterocycles. The molecule has 1 aliphatic heterocycles. The van der Waals surface area contributed by atoms with Gasteiger partial charge in [-0.2, -0.15) is 0 Å². The summed E-state index contributed by atoms with van der Waals surface area (Å²) in [6.45, 7) is 8.49. The van der Waals surface area contributed by atoms with E-state index in [0.717, 1.165) is 28.9 Å². The van der Waals surface area contributed by atoms with Crippen LogP contribution in [0.3, 0.4) is 0 Å². The van der Waals surface area contributed by atoms with E-state index in [1.165, 1.54) is 0 Å². The topological polar surface area (TPSA) is 64.6 Å². The van der Waals surface area contributed by atoms with Gasteiger partial charge in [0.2, 0.25) is 0 Å². The van der Waals surface area contributed by atoms with E-state index >= 15 is 0 Å². The van der Waals surface area contributed by atoms with Crippen molar-refractivity contribution in [3.8, 4) is 5.75 Å². The van der Waals surface area contributed by atoms with E-state index < -0.39 is 11.9 Å². The molecule has 178 valence electrons. The number of nitrogens with one attached hydrogen (secondary N) is 1. The number of ether oxygens (including phenoxy) is 2. The summed E-state index contributed by atoms with van der Waals surface area (Å²) in [6, 6.07) is 15.1. The lowest BCUT2D eigenvalue weighted by Crippen LogP contribution is -2.38. The predicted molar refractivity (Wildman–Crippen MR) is 132 cm³/mol. The number of halogens is 1. The molecule has 0 bridgehead atoms. The van der Waals surface area contributed by atoms with Crippen molar-refractivity contribution in [1.29, 1.82) is 0 Å². The van der Waals surface area contributed by atoms with E-state index in [0.29, 0.717) is 34.9 Å². The smallest absolute Gasteiger partial charge is 0.336 e. The Balaban J connectivity index is 1.72. The number of hydrogen-bond acceptors (Lipinski definition) is 5. The Kier molecular flexibility index (Phi) is 6.85. The first-order valence-corrected chi connectivity index (χ1v) is 11.9. The molecular weight excluding hydrogens is 450 g/mol. The van der Waals surface area contributed by atoms with Crippen LogP contribution >= 0.6 is 11.6 Å². The van der Waals surface area contributed by atoms with Crippen molar-refractivity contribution in [2.75, 3.05) is 6.61 Å². The number of carbonyl (C=O) groups is 2. The number of dihydropyridines is 1. The molecule has 0 spiro atoms. The molecule has 1 N–H and O–H groups in total. The molecular formula is C28H30ClNO4. The summed E-state index contributed by atoms with van der Waals surface area (Å²) in [7, 11) is 0. The van der Waals surface area contributed by atoms with Gasteiger partial charge in [0.05, 0.1) is 12.2 Å². The summed E-state index contributed by atoms with van der Waals surface area (Å²) in [6.07, 6.45) is 1.18. The van der Waals surface area contributed by atoms with Crippen molar-refractivity contribution in [3.05, 3.63) is 87.2 Å². The maximum atomic E-state index is 13.4. The van der Waals surface area contributed by atoms with Gasteiger partial charge in [0.1, 0.15) is 12.4 Å². The maximum Gasteiger partial charge on any atom is 0.336 e. The van der Waals surface area contributed by atoms with Crippen molar-refractivity contribution in [2.24, 2.45) is 5.41 Å². The lowest BCUT2D eigenvalue weighted by Gasteiger charge is -2.39. The lowest BCUT2D eigenvalue weighted by atomic mass is 9.68. The molecule has 1 heterocycles. The standard InChI is InChI=1S/C28H30ClNO4/c1-5-33-27(32)24-17(2)30-22-14-28(3,4)15-23(31)26(22)25(24)19-7-6-8-21(13-19)34-16-18-9-11-20(29)12-10-18/h6-13,25,30H,5,14-16H2,1-4H3. The number of benzene rings is 2. The van der Waals surface area contributed by atoms with E-state index in [-0.39, 0.29) is 17.8 Å². The van der Waals surface area contributed by atoms with E-state index in [9.17, 15) is 9.59 Å². The first-order valence-electron chi connectivity index (χ1n) is 11.6. The van der Waals surface area contributed by atoms with Crippen LogP contribution in [0.25, 0.3) is 0 Å². The third-order valence-corrected chi connectivity index (χ3v) is 6.50. The highest BCUT2D eigenvalue weighted by molar-refractivity contribution is 6.30. The fraction of sp³-hybridized carbons (Fsp3) is 0.357. The number of rotatable bonds is 6. The zero-order chi connectivity index (χ0) is 24.5. The maximum absolute atomic E-state index is 13.4. The van der Waals surface area contributed by atoms with Gasteiger partial charge in [0.15, 0.2) is 5.78 Å². The number of ketones is 1. The quantitative estimate of drug-likeness (QED) is 0.508. The molecule has 0 radical (unpaired) electrons. The first kappa shape index (κ1) is 24.1. The van der Waals surface area contributed by atoms with Crippen LogP contribution < -0.4 is 10.1 Å². The highest BCUT2D eigenvalue weighted by atomic mass is 35.5. The zero-order valence-corrected chi connectivity index (χ0v) is 20.8. The molecule has 0 saturated carbocycles. The number of esters is 1. The first-order chi connectivity index (χ1) is 16.2. The molecule has 2 aliphatic rings. The van der Waals surface area contributed by atoms with Gasteiger partial charge in [0, 0.05) is 34.3 Å². The molecule has 34 heavy (non-hydrogen) atoms. The van der Waals surface area contributed by atoms with Crippen LogP contribution in [0.4, 0.5) is 0 Å². The van der Waals surface area contributed by atoms with Crippen LogP contribution in [0, 0.1) is 5.41 Å². The summed E-state index contributed by atoms with van der Waals surface area (Å²) < 4.78 is 11.4. The summed E-state index contributed by atoms with van der Waals surface area (Å²) in [5.41, 5.74) is 4.43. The summed E-state index contributed by atoms with van der Waals surface area (Å²) in [4.78, 5) is 26.4. The minimum absolute atomic E-state index is 0.0607. The summed E-state index contributed by atoms with van der Waals surface area (Å²) >= 11 is 5.97. The monoisotopic (exact) mass is 479 g/mol. The van der Waals surface area contributed by atoms with Gasteiger partial charge in [-0.1, -0.05) is 49.7 Å². The van der Waals surface area contributed by atoms with Gasteiger partial charge in [-0.3, -0.25) is 4.79 Å². The van der Waals surface area contributed by atoms with Crippen molar-refractivity contribution in [3.63, 3.8) is 0 Å². The van der Waals surface area contributed by atoms with Crippen LogP contribution in [0.15, 0.2) is 71.1 Å². The highest BCUT2D eigenvalue weighted by Gasteiger charge is 2.43. The molecule has 1 unspecified atom stereocenters. The number of allylic oxidation sites excluding steroid dienone is 3. The molecule has 6 heteroatoms. The van der Waals surface area contributed by atoms with Crippen molar-refractivity contribution in [1.82, 2.24) is 5.32 Å². The van der Waals surface area contributed by atoms with Crippen LogP contribution in [0.2, 0.25) is 5.02 Å². The molecule has 4 rings (SSSR count). The molecule has 0 aromatic heterocycles. The number of carbonyl (C=O) groups excluding carboxylic acids is 2. The van der Waals surface area contributed by atoms with Crippen molar-refractivity contribution < 1.29 is 19.1 Å². The fourth-order valence-electron chi connectivity index (χ4n) is 4.78. The Morgan fingerprint density at radius 3 is 2.59 bits per heavy atom. The Bertz CT molecular complexity index is 1180. The largest absolute Gasteiger partial charge is 0.489 e. The van der Waals surface area contributed by atoms with Gasteiger partial charge < -0.3 is 14.8 Å². The number of hydrogen-bond donors (Lipinski definition) is 1. The Labute approximate surface area is 205 Å². The van der Waals surface area contributed by atoms with Crippen molar-refractivity contribution in [2.45, 2.75) is 53.1 Å². The molecule has 1 aliphatic carbocycles. The Morgan fingerprint density at radius 2 is 1.88 bits per heavy atom. The van der Waals surface area contributed by atoms with Gasteiger partial charge in [-0.25, -0.2) is 4.79 Å². The average Bonchev–Trinajstić information content (AvgIpc) is 2.77. The second-order valence-electron chi connectivity index (χ2n) is 9.64. The second-order valence-corrected chi connectivity index (χ2v) is 10.1. The average molecular weight is 480 g/mol. The lowest BCUT2D eigenvalue weighted by molar-refractivity contribution is -0.138. The van der Waals surface area contributed by atoms with Gasteiger partial charge in [-0.05, 0) is 61.1 Å². The molecule has 2 aromatic rings. The number of Topliss-reactive ketones (excluding diaryl/α,β-unsaturated/α-hetero) is 1. The third kappa shape index (κ3) is 5.05. The van der Waals surface area contributed by atoms with E-state index in [4.69, 9.17) is 21.1 Å².